The van der Waals surface area contributed by atoms with Crippen LogP contribution in [-0.4, -0.2) is 21.1 Å². The summed E-state index contributed by atoms with van der Waals surface area (Å²) in [7, 11) is 0. The van der Waals surface area contributed by atoms with Crippen LogP contribution in [-0.2, 0) is 19.4 Å². The molecule has 0 bridgehead atoms. The van der Waals surface area contributed by atoms with Gasteiger partial charge in [-0.05, 0) is 12.1 Å². The summed E-state index contributed by atoms with van der Waals surface area (Å²) in [6.07, 6.45) is 0. The molecule has 0 fully saturated rings. The van der Waals surface area contributed by atoms with Crippen molar-refractivity contribution < 1.29 is 32.3 Å². The number of anilines is 4. The van der Waals surface area contributed by atoms with Crippen LogP contribution < -0.4 is 19.8 Å². The number of aryl methyl sites for hydroxylation is 1. The van der Waals surface area contributed by atoms with Crippen molar-refractivity contribution in [1.82, 2.24) is 14.1 Å². The van der Waals surface area contributed by atoms with Gasteiger partial charge in [0.1, 0.15) is 0 Å². The molecule has 0 saturated carbocycles. The van der Waals surface area contributed by atoms with Gasteiger partial charge in [0.2, 0.25) is 0 Å². The van der Waals surface area contributed by atoms with Crippen LogP contribution in [0.3, 0.4) is 0 Å². The van der Waals surface area contributed by atoms with Gasteiger partial charge in [0, 0.05) is 5.69 Å². The zero-order valence-electron chi connectivity index (χ0n) is 42.8. The van der Waals surface area contributed by atoms with Gasteiger partial charge in [-0.25, -0.2) is 0 Å². The van der Waals surface area contributed by atoms with Gasteiger partial charge < -0.3 is 0 Å². The van der Waals surface area contributed by atoms with E-state index in [2.05, 4.69) is 82.1 Å². The van der Waals surface area contributed by atoms with E-state index in [0.29, 0.717) is 32.0 Å². The maximum atomic E-state index is 9.48. The zero-order valence-corrected chi connectivity index (χ0v) is 39.1. The maximum absolute atomic E-state index is 9.48. The van der Waals surface area contributed by atoms with E-state index in [1.807, 2.05) is 168 Å². The van der Waals surface area contributed by atoms with Crippen LogP contribution in [0.5, 0.6) is 11.6 Å². The van der Waals surface area contributed by atoms with Gasteiger partial charge in [0.15, 0.2) is 0 Å². The molecule has 6 nitrogen and oxygen atoms in total. The fourth-order valence-electron chi connectivity index (χ4n) is 9.36. The molecule has 0 saturated heterocycles. The summed E-state index contributed by atoms with van der Waals surface area (Å²) in [6.45, 7) is -2.79. The average molecular weight is 1070 g/mol. The van der Waals surface area contributed by atoms with E-state index in [9.17, 15) is 4.11 Å². The van der Waals surface area contributed by atoms with E-state index in [0.717, 1.165) is 50.3 Å². The van der Waals surface area contributed by atoms with E-state index in [-0.39, 0.29) is 48.0 Å². The van der Waals surface area contributed by atoms with E-state index in [4.69, 9.17) is 13.8 Å². The normalized spacial score (nSPS) is 13.6. The Hall–Kier alpha value is -8.25. The number of ether oxygens (including phenoxy) is 1. The first kappa shape index (κ1) is 35.9. The van der Waals surface area contributed by atoms with Crippen LogP contribution in [0.25, 0.3) is 55.8 Å². The molecule has 12 rings (SSSR count). The minimum absolute atomic E-state index is 0.0830. The SMILES string of the molecule is [2H]c1c(Oc2cccc(N3B(c4ccccc4)N(c4ccccc4)c4ccc[c-]c43)n2)[c-]c(-n2[c](=[Pt])n(-c3c(-c4ccccc4)cc(C([2H])([2H])[2H])cc3-c3cccc(-c4ccccc4)c3)c3ccccc32)c([2H])c1[2H]. The predicted molar refractivity (Wildman–Crippen MR) is 278 cm³/mol. The average Bonchev–Trinajstić information content (AvgIpc) is 4.00. The summed E-state index contributed by atoms with van der Waals surface area (Å²) in [5.74, 6) is 0.643. The van der Waals surface area contributed by atoms with Gasteiger partial charge in [-0.2, -0.15) is 12.1 Å². The fraction of sp³-hybridized carbons (Fsp3) is 0.0164. The number of para-hydroxylation sites is 4. The predicted octanol–water partition coefficient (Wildman–Crippen LogP) is 14.3. The summed E-state index contributed by atoms with van der Waals surface area (Å²) in [6, 6.07) is 76.9. The van der Waals surface area contributed by atoms with Crippen LogP contribution in [0, 0.1) is 22.8 Å². The van der Waals surface area contributed by atoms with Gasteiger partial charge in [-0.15, -0.1) is 6.07 Å². The van der Waals surface area contributed by atoms with Gasteiger partial charge in [0.25, 0.3) is 0 Å². The molecule has 3 heterocycles. The van der Waals surface area contributed by atoms with Crippen molar-refractivity contribution in [3.8, 4) is 56.4 Å². The Balaban J connectivity index is 1.02. The van der Waals surface area contributed by atoms with Crippen molar-refractivity contribution in [3.05, 3.63) is 258 Å². The monoisotopic (exact) mass is 1070 g/mol. The Bertz CT molecular complexity index is 4010. The number of rotatable bonds is 10. The quantitative estimate of drug-likeness (QED) is 0.101. The minimum atomic E-state index is -2.44. The summed E-state index contributed by atoms with van der Waals surface area (Å²) in [5.41, 5.74) is 11.3. The van der Waals surface area contributed by atoms with Crippen LogP contribution in [0.4, 0.5) is 22.9 Å². The van der Waals surface area contributed by atoms with Crippen molar-refractivity contribution in [1.29, 1.82) is 0 Å². The number of fused-ring (bicyclic) bond motifs is 2. The summed E-state index contributed by atoms with van der Waals surface area (Å²) in [4.78, 5) is 9.47. The molecule has 2 aromatic heterocycles. The standard InChI is InChI=1S/C61H42BN5O.Pt/c1-44-39-53(46-23-8-3-9-24-46)61(54(40-44)48-26-18-25-47(41-48)45-21-6-2-7-22-45)65-43-64(55-33-14-15-34-56(55)65)51-31-19-32-52(42-51)68-60-38-20-37-59(63-60)67-58-36-17-16-35-57(58)66(50-29-12-5-13-30-50)62(67)49-27-10-4-11-28-49;/h2-35,37-41H,1H3;/q-2;/i1D3,19D,31D,32D;. The first-order valence-electron chi connectivity index (χ1n) is 25.5. The third-order valence-corrected chi connectivity index (χ3v) is 13.3. The molecule has 0 aliphatic carbocycles. The molecule has 8 heteroatoms. The van der Waals surface area contributed by atoms with Crippen LogP contribution in [0.2, 0.25) is 0 Å². The first-order valence-corrected chi connectivity index (χ1v) is 23.6. The Morgan fingerprint density at radius 3 is 1.99 bits per heavy atom. The second kappa shape index (κ2) is 18.1. The molecule has 0 spiro atoms. The third kappa shape index (κ3) is 7.81. The molecule has 9 aromatic carbocycles. The summed E-state index contributed by atoms with van der Waals surface area (Å²) in [5, 5.41) is 0. The summed E-state index contributed by atoms with van der Waals surface area (Å²) >= 11 is 2.24. The topological polar surface area (TPSA) is 38.5 Å². The van der Waals surface area contributed by atoms with Gasteiger partial charge in [-0.1, -0.05) is 48.5 Å². The number of nitrogens with zero attached hydrogens (tertiary/aromatic N) is 5. The van der Waals surface area contributed by atoms with Crippen molar-refractivity contribution in [3.63, 3.8) is 0 Å². The van der Waals surface area contributed by atoms with Gasteiger partial charge >= 0.3 is 339 Å². The number of hydrogen-bond donors (Lipinski definition) is 0. The Morgan fingerprint density at radius 1 is 0.594 bits per heavy atom. The molecule has 69 heavy (non-hydrogen) atoms. The molecule has 332 valence electrons. The molecule has 1 aliphatic rings. The van der Waals surface area contributed by atoms with Gasteiger partial charge in [0.05, 0.1) is 0 Å². The second-order valence-corrected chi connectivity index (χ2v) is 17.5. The van der Waals surface area contributed by atoms with Crippen molar-refractivity contribution in [2.45, 2.75) is 6.85 Å². The van der Waals surface area contributed by atoms with E-state index < -0.39 is 6.85 Å². The molecule has 1 aliphatic heterocycles. The number of pyridine rings is 1. The van der Waals surface area contributed by atoms with Crippen molar-refractivity contribution in [2.24, 2.45) is 0 Å². The Morgan fingerprint density at radius 2 is 1.23 bits per heavy atom. The zero-order chi connectivity index (χ0) is 51.4. The van der Waals surface area contributed by atoms with Crippen molar-refractivity contribution >= 4 is 46.4 Å². The molecular weight excluding hydrogens is 1020 g/mol. The molecule has 11 aromatic rings. The van der Waals surface area contributed by atoms with E-state index in [1.165, 1.54) is 0 Å². The summed E-state index contributed by atoms with van der Waals surface area (Å²) < 4.78 is 65.1. The van der Waals surface area contributed by atoms with Crippen LogP contribution in [0.1, 0.15) is 13.8 Å². The van der Waals surface area contributed by atoms with Gasteiger partial charge in [-0.3, -0.25) is 0 Å². The molecule has 0 unspecified atom stereocenters. The van der Waals surface area contributed by atoms with E-state index in [1.54, 1.807) is 18.2 Å². The fourth-order valence-corrected chi connectivity index (χ4v) is 10.4. The number of aromatic nitrogens is 3. The molecule has 0 atom stereocenters. The number of benzene rings is 9. The second-order valence-electron chi connectivity index (χ2n) is 16.5. The first-order chi connectivity index (χ1) is 36.5. The molecule has 0 radical (unpaired) electrons. The molecule has 0 amide bonds. The Labute approximate surface area is 421 Å². The number of imidazole rings is 1. The van der Waals surface area contributed by atoms with E-state index >= 15 is 0 Å². The van der Waals surface area contributed by atoms with Crippen LogP contribution in [0.15, 0.2) is 237 Å². The molecular formula is C61H42BN5OPt-2. The van der Waals surface area contributed by atoms with Crippen LogP contribution >= 0.6 is 0 Å². The number of hydrogen-bond acceptors (Lipinski definition) is 4. The van der Waals surface area contributed by atoms with Crippen molar-refractivity contribution in [2.75, 3.05) is 9.62 Å². The molecule has 0 N–H and O–H groups in total. The third-order valence-electron chi connectivity index (χ3n) is 12.3. The Kier molecular flexibility index (Phi) is 9.41.